The van der Waals surface area contributed by atoms with E-state index in [1.54, 1.807) is 0 Å². The summed E-state index contributed by atoms with van der Waals surface area (Å²) in [4.78, 5) is 0. The highest BCUT2D eigenvalue weighted by Crippen LogP contribution is 2.29. The molecule has 1 aromatic carbocycles. The standard InChI is InChI=1S/C13H15N3/c1-10-12(11-6-3-2-4-7-11)15-16-9-5-8-14-13(10)16/h2-4,6-7,14H,5,8-9H2,1H3. The molecule has 3 nitrogen and oxygen atoms in total. The average Bonchev–Trinajstić information content (AvgIpc) is 2.69. The Morgan fingerprint density at radius 1 is 1.25 bits per heavy atom. The largest absolute Gasteiger partial charge is 0.370 e. The first-order valence-electron chi connectivity index (χ1n) is 5.73. The van der Waals surface area contributed by atoms with Crippen LogP contribution in [0.5, 0.6) is 0 Å². The maximum absolute atomic E-state index is 4.67. The Morgan fingerprint density at radius 3 is 2.81 bits per heavy atom. The topological polar surface area (TPSA) is 29.9 Å². The van der Waals surface area contributed by atoms with Crippen molar-refractivity contribution in [1.82, 2.24) is 9.78 Å². The Morgan fingerprint density at radius 2 is 2.06 bits per heavy atom. The minimum Gasteiger partial charge on any atom is -0.370 e. The van der Waals surface area contributed by atoms with Gasteiger partial charge in [-0.25, -0.2) is 4.68 Å². The molecule has 1 N–H and O–H groups in total. The van der Waals surface area contributed by atoms with E-state index in [-0.39, 0.29) is 0 Å². The molecule has 0 saturated heterocycles. The van der Waals surface area contributed by atoms with Gasteiger partial charge in [-0.05, 0) is 13.3 Å². The van der Waals surface area contributed by atoms with Gasteiger partial charge in [0.2, 0.25) is 0 Å². The number of nitrogens with one attached hydrogen (secondary N) is 1. The van der Waals surface area contributed by atoms with Gasteiger partial charge in [0.1, 0.15) is 5.82 Å². The van der Waals surface area contributed by atoms with Gasteiger partial charge in [0, 0.05) is 24.2 Å². The van der Waals surface area contributed by atoms with Gasteiger partial charge in [0.15, 0.2) is 0 Å². The molecule has 0 aliphatic carbocycles. The summed E-state index contributed by atoms with van der Waals surface area (Å²) in [5.74, 6) is 1.19. The predicted molar refractivity (Wildman–Crippen MR) is 65.5 cm³/mol. The van der Waals surface area contributed by atoms with E-state index in [4.69, 9.17) is 0 Å². The van der Waals surface area contributed by atoms with E-state index in [9.17, 15) is 0 Å². The lowest BCUT2D eigenvalue weighted by atomic mass is 10.1. The van der Waals surface area contributed by atoms with Crippen LogP contribution in [0.15, 0.2) is 30.3 Å². The summed E-state index contributed by atoms with van der Waals surface area (Å²) in [6.07, 6.45) is 1.16. The van der Waals surface area contributed by atoms with Crippen LogP contribution in [-0.2, 0) is 6.54 Å². The van der Waals surface area contributed by atoms with Crippen LogP contribution in [0, 0.1) is 6.92 Å². The van der Waals surface area contributed by atoms with Crippen LogP contribution in [0.2, 0.25) is 0 Å². The second-order valence-electron chi connectivity index (χ2n) is 4.19. The predicted octanol–water partition coefficient (Wildman–Crippen LogP) is 2.67. The second kappa shape index (κ2) is 3.67. The lowest BCUT2D eigenvalue weighted by Gasteiger charge is -2.15. The third-order valence-electron chi connectivity index (χ3n) is 3.08. The number of anilines is 1. The van der Waals surface area contributed by atoms with E-state index in [1.165, 1.54) is 16.9 Å². The van der Waals surface area contributed by atoms with Gasteiger partial charge in [0.25, 0.3) is 0 Å². The van der Waals surface area contributed by atoms with Crippen LogP contribution in [0.3, 0.4) is 0 Å². The van der Waals surface area contributed by atoms with Crippen LogP contribution < -0.4 is 5.32 Å². The quantitative estimate of drug-likeness (QED) is 0.789. The SMILES string of the molecule is Cc1c(-c2ccccc2)nn2c1NCCC2. The molecule has 0 saturated carbocycles. The molecule has 0 bridgehead atoms. The zero-order chi connectivity index (χ0) is 11.0. The average molecular weight is 213 g/mol. The number of aromatic nitrogens is 2. The summed E-state index contributed by atoms with van der Waals surface area (Å²) in [5.41, 5.74) is 3.56. The number of nitrogens with zero attached hydrogens (tertiary/aromatic N) is 2. The highest BCUT2D eigenvalue weighted by molar-refractivity contribution is 5.69. The van der Waals surface area contributed by atoms with Gasteiger partial charge < -0.3 is 5.32 Å². The van der Waals surface area contributed by atoms with Crippen molar-refractivity contribution >= 4 is 5.82 Å². The van der Waals surface area contributed by atoms with E-state index in [0.29, 0.717) is 0 Å². The van der Waals surface area contributed by atoms with Gasteiger partial charge in [-0.2, -0.15) is 5.10 Å². The van der Waals surface area contributed by atoms with Crippen molar-refractivity contribution in [3.05, 3.63) is 35.9 Å². The monoisotopic (exact) mass is 213 g/mol. The van der Waals surface area contributed by atoms with Crippen molar-refractivity contribution in [3.8, 4) is 11.3 Å². The molecule has 0 atom stereocenters. The molecular formula is C13H15N3. The number of hydrogen-bond acceptors (Lipinski definition) is 2. The van der Waals surface area contributed by atoms with E-state index in [1.807, 2.05) is 6.07 Å². The Bertz CT molecular complexity index is 499. The molecule has 2 aromatic rings. The Balaban J connectivity index is 2.12. The van der Waals surface area contributed by atoms with Crippen molar-refractivity contribution in [2.45, 2.75) is 19.9 Å². The first-order valence-corrected chi connectivity index (χ1v) is 5.73. The maximum atomic E-state index is 4.67. The summed E-state index contributed by atoms with van der Waals surface area (Å²) in [6.45, 7) is 4.22. The summed E-state index contributed by atoms with van der Waals surface area (Å²) in [5, 5.41) is 8.10. The number of aryl methyl sites for hydroxylation is 1. The molecule has 0 spiro atoms. The van der Waals surface area contributed by atoms with Gasteiger partial charge in [-0.15, -0.1) is 0 Å². The third-order valence-corrected chi connectivity index (χ3v) is 3.08. The van der Waals surface area contributed by atoms with Crippen molar-refractivity contribution < 1.29 is 0 Å². The Labute approximate surface area is 95.1 Å². The molecular weight excluding hydrogens is 198 g/mol. The van der Waals surface area contributed by atoms with E-state index < -0.39 is 0 Å². The van der Waals surface area contributed by atoms with Crippen LogP contribution >= 0.6 is 0 Å². The smallest absolute Gasteiger partial charge is 0.127 e. The van der Waals surface area contributed by atoms with Crippen molar-refractivity contribution in [3.63, 3.8) is 0 Å². The fraction of sp³-hybridized carbons (Fsp3) is 0.308. The van der Waals surface area contributed by atoms with Gasteiger partial charge in [-0.1, -0.05) is 30.3 Å². The van der Waals surface area contributed by atoms with Crippen molar-refractivity contribution in [2.75, 3.05) is 11.9 Å². The Kier molecular flexibility index (Phi) is 2.17. The van der Waals surface area contributed by atoms with Gasteiger partial charge >= 0.3 is 0 Å². The van der Waals surface area contributed by atoms with Crippen LogP contribution in [-0.4, -0.2) is 16.3 Å². The van der Waals surface area contributed by atoms with E-state index in [2.05, 4.69) is 46.3 Å². The molecule has 0 radical (unpaired) electrons. The summed E-state index contributed by atoms with van der Waals surface area (Å²) in [7, 11) is 0. The fourth-order valence-corrected chi connectivity index (χ4v) is 2.24. The number of benzene rings is 1. The zero-order valence-corrected chi connectivity index (χ0v) is 9.40. The van der Waals surface area contributed by atoms with Gasteiger partial charge in [-0.3, -0.25) is 0 Å². The molecule has 0 amide bonds. The Hall–Kier alpha value is -1.77. The molecule has 82 valence electrons. The minimum atomic E-state index is 1.02. The van der Waals surface area contributed by atoms with Crippen LogP contribution in [0.25, 0.3) is 11.3 Å². The molecule has 0 unspecified atom stereocenters. The summed E-state index contributed by atoms with van der Waals surface area (Å²) >= 11 is 0. The molecule has 1 aliphatic heterocycles. The van der Waals surface area contributed by atoms with Crippen molar-refractivity contribution in [1.29, 1.82) is 0 Å². The maximum Gasteiger partial charge on any atom is 0.127 e. The number of rotatable bonds is 1. The third kappa shape index (κ3) is 1.40. The van der Waals surface area contributed by atoms with E-state index in [0.717, 1.165) is 25.2 Å². The van der Waals surface area contributed by atoms with Crippen LogP contribution in [0.1, 0.15) is 12.0 Å². The van der Waals surface area contributed by atoms with Crippen molar-refractivity contribution in [2.24, 2.45) is 0 Å². The minimum absolute atomic E-state index is 1.02. The molecule has 1 aliphatic rings. The van der Waals surface area contributed by atoms with Gasteiger partial charge in [0.05, 0.1) is 5.69 Å². The molecule has 3 rings (SSSR count). The normalized spacial score (nSPS) is 14.3. The molecule has 0 fully saturated rings. The second-order valence-corrected chi connectivity index (χ2v) is 4.19. The lowest BCUT2D eigenvalue weighted by Crippen LogP contribution is -2.17. The summed E-state index contributed by atoms with van der Waals surface area (Å²) in [6, 6.07) is 10.4. The van der Waals surface area contributed by atoms with Crippen LogP contribution in [0.4, 0.5) is 5.82 Å². The number of fused-ring (bicyclic) bond motifs is 1. The lowest BCUT2D eigenvalue weighted by molar-refractivity contribution is 0.568. The zero-order valence-electron chi connectivity index (χ0n) is 9.40. The summed E-state index contributed by atoms with van der Waals surface area (Å²) < 4.78 is 2.08. The fourth-order valence-electron chi connectivity index (χ4n) is 2.24. The first kappa shape index (κ1) is 9.46. The molecule has 1 aromatic heterocycles. The molecule has 2 heterocycles. The highest BCUT2D eigenvalue weighted by atomic mass is 15.3. The molecule has 16 heavy (non-hydrogen) atoms. The molecule has 3 heteroatoms. The van der Waals surface area contributed by atoms with E-state index >= 15 is 0 Å². The first-order chi connectivity index (χ1) is 7.86. The highest BCUT2D eigenvalue weighted by Gasteiger charge is 2.17. The number of hydrogen-bond donors (Lipinski definition) is 1.